The topological polar surface area (TPSA) is 83.1 Å². The number of hydrogen-bond acceptors (Lipinski definition) is 4. The minimum Gasteiger partial charge on any atom is -0.355 e. The van der Waals surface area contributed by atoms with Crippen molar-refractivity contribution in [1.82, 2.24) is 15.6 Å². The number of benzene rings is 1. The minimum absolute atomic E-state index is 0.0607. The highest BCUT2D eigenvalue weighted by Gasteiger charge is 2.16. The molecule has 6 nitrogen and oxygen atoms in total. The SMILES string of the molecule is O=C(Cc1csc(NC(=O)NC2CCCCC2)n1)NCCc1ccccc1. The van der Waals surface area contributed by atoms with Gasteiger partial charge in [-0.2, -0.15) is 0 Å². The van der Waals surface area contributed by atoms with E-state index in [4.69, 9.17) is 0 Å². The summed E-state index contributed by atoms with van der Waals surface area (Å²) in [6, 6.07) is 10.1. The number of nitrogens with one attached hydrogen (secondary N) is 3. The number of carbonyl (C=O) groups excluding carboxylic acids is 2. The minimum atomic E-state index is -0.213. The standard InChI is InChI=1S/C20H26N4O2S/c25-18(21-12-11-15-7-3-1-4-8-15)13-17-14-27-20(23-17)24-19(26)22-16-9-5-2-6-10-16/h1,3-4,7-8,14,16H,2,5-6,9-13H2,(H,21,25)(H2,22,23,24,26). The number of thiazole rings is 1. The van der Waals surface area contributed by atoms with Crippen LogP contribution >= 0.6 is 11.3 Å². The van der Waals surface area contributed by atoms with Crippen molar-refractivity contribution in [2.75, 3.05) is 11.9 Å². The predicted molar refractivity (Wildman–Crippen MR) is 108 cm³/mol. The summed E-state index contributed by atoms with van der Waals surface area (Å²) >= 11 is 1.34. The maximum atomic E-state index is 12.1. The maximum absolute atomic E-state index is 12.1. The third kappa shape index (κ3) is 6.67. The molecule has 1 aromatic heterocycles. The molecule has 0 spiro atoms. The van der Waals surface area contributed by atoms with Gasteiger partial charge in [-0.3, -0.25) is 10.1 Å². The molecule has 0 unspecified atom stereocenters. The summed E-state index contributed by atoms with van der Waals surface area (Å²) < 4.78 is 0. The van der Waals surface area contributed by atoms with E-state index in [9.17, 15) is 9.59 Å². The monoisotopic (exact) mass is 386 g/mol. The molecule has 144 valence electrons. The molecule has 1 aliphatic carbocycles. The fraction of sp³-hybridized carbons (Fsp3) is 0.450. The van der Waals surface area contributed by atoms with Crippen LogP contribution < -0.4 is 16.0 Å². The summed E-state index contributed by atoms with van der Waals surface area (Å²) in [7, 11) is 0. The lowest BCUT2D eigenvalue weighted by atomic mass is 9.96. The van der Waals surface area contributed by atoms with Gasteiger partial charge in [-0.05, 0) is 24.8 Å². The first-order valence-electron chi connectivity index (χ1n) is 9.51. The number of aromatic nitrogens is 1. The number of hydrogen-bond donors (Lipinski definition) is 3. The Balaban J connectivity index is 1.37. The fourth-order valence-corrected chi connectivity index (χ4v) is 3.93. The Morgan fingerprint density at radius 3 is 2.67 bits per heavy atom. The van der Waals surface area contributed by atoms with Gasteiger partial charge in [-0.1, -0.05) is 49.6 Å². The second-order valence-corrected chi connectivity index (χ2v) is 7.70. The van der Waals surface area contributed by atoms with E-state index in [0.717, 1.165) is 19.3 Å². The average molecular weight is 387 g/mol. The summed E-state index contributed by atoms with van der Waals surface area (Å²) in [5, 5.41) is 11.0. The van der Waals surface area contributed by atoms with Gasteiger partial charge in [0.2, 0.25) is 5.91 Å². The highest BCUT2D eigenvalue weighted by Crippen LogP contribution is 2.19. The Kier molecular flexibility index (Phi) is 7.21. The Morgan fingerprint density at radius 1 is 1.11 bits per heavy atom. The molecule has 1 aromatic carbocycles. The van der Waals surface area contributed by atoms with Gasteiger partial charge in [0.15, 0.2) is 5.13 Å². The Bertz CT molecular complexity index is 741. The smallest absolute Gasteiger partial charge is 0.321 e. The number of nitrogens with zero attached hydrogens (tertiary/aromatic N) is 1. The quantitative estimate of drug-likeness (QED) is 0.681. The first-order chi connectivity index (χ1) is 13.2. The third-order valence-corrected chi connectivity index (χ3v) is 5.44. The van der Waals surface area contributed by atoms with Gasteiger partial charge < -0.3 is 10.6 Å². The lowest BCUT2D eigenvalue weighted by Gasteiger charge is -2.22. The second-order valence-electron chi connectivity index (χ2n) is 6.84. The summed E-state index contributed by atoms with van der Waals surface area (Å²) in [6.45, 7) is 0.599. The van der Waals surface area contributed by atoms with Crippen molar-refractivity contribution in [3.05, 3.63) is 47.0 Å². The largest absolute Gasteiger partial charge is 0.355 e. The molecule has 27 heavy (non-hydrogen) atoms. The van der Waals surface area contributed by atoms with E-state index >= 15 is 0 Å². The number of anilines is 1. The van der Waals surface area contributed by atoms with E-state index in [1.165, 1.54) is 36.2 Å². The van der Waals surface area contributed by atoms with E-state index in [0.29, 0.717) is 17.4 Å². The zero-order chi connectivity index (χ0) is 18.9. The van der Waals surface area contributed by atoms with Crippen molar-refractivity contribution >= 4 is 28.4 Å². The first-order valence-corrected chi connectivity index (χ1v) is 10.4. The average Bonchev–Trinajstić information content (AvgIpc) is 3.10. The van der Waals surface area contributed by atoms with Gasteiger partial charge in [0.25, 0.3) is 0 Å². The molecule has 0 atom stereocenters. The maximum Gasteiger partial charge on any atom is 0.321 e. The molecule has 3 rings (SSSR count). The predicted octanol–water partition coefficient (Wildman–Crippen LogP) is 3.50. The number of urea groups is 1. The molecular formula is C20H26N4O2S. The van der Waals surface area contributed by atoms with Crippen LogP contribution in [-0.4, -0.2) is 29.5 Å². The Hall–Kier alpha value is -2.41. The van der Waals surface area contributed by atoms with Crippen LogP contribution in [0.25, 0.3) is 0 Å². The van der Waals surface area contributed by atoms with Gasteiger partial charge in [0, 0.05) is 18.0 Å². The second kappa shape index (κ2) is 10.1. The van der Waals surface area contributed by atoms with Gasteiger partial charge in [0.05, 0.1) is 12.1 Å². The van der Waals surface area contributed by atoms with Crippen LogP contribution in [0.4, 0.5) is 9.93 Å². The number of amides is 3. The lowest BCUT2D eigenvalue weighted by molar-refractivity contribution is -0.120. The van der Waals surface area contributed by atoms with E-state index in [1.807, 2.05) is 35.7 Å². The first kappa shape index (κ1) is 19.4. The van der Waals surface area contributed by atoms with Gasteiger partial charge >= 0.3 is 6.03 Å². The van der Waals surface area contributed by atoms with Crippen molar-refractivity contribution in [2.45, 2.75) is 51.0 Å². The van der Waals surface area contributed by atoms with Crippen LogP contribution in [0.1, 0.15) is 43.4 Å². The van der Waals surface area contributed by atoms with E-state index in [1.54, 1.807) is 0 Å². The number of carbonyl (C=O) groups is 2. The van der Waals surface area contributed by atoms with E-state index in [-0.39, 0.29) is 24.4 Å². The molecule has 0 bridgehead atoms. The van der Waals surface area contributed by atoms with Gasteiger partial charge in [-0.25, -0.2) is 9.78 Å². The molecule has 2 aromatic rings. The molecule has 3 amide bonds. The summed E-state index contributed by atoms with van der Waals surface area (Å²) in [4.78, 5) is 28.4. The lowest BCUT2D eigenvalue weighted by Crippen LogP contribution is -2.39. The van der Waals surface area contributed by atoms with Crippen LogP contribution in [0.3, 0.4) is 0 Å². The number of rotatable bonds is 7. The van der Waals surface area contributed by atoms with E-state index in [2.05, 4.69) is 20.9 Å². The summed E-state index contributed by atoms with van der Waals surface area (Å²) in [5.74, 6) is -0.0607. The van der Waals surface area contributed by atoms with Crippen molar-refractivity contribution in [3.63, 3.8) is 0 Å². The van der Waals surface area contributed by atoms with Crippen molar-refractivity contribution in [2.24, 2.45) is 0 Å². The molecule has 7 heteroatoms. The van der Waals surface area contributed by atoms with Crippen LogP contribution in [0.5, 0.6) is 0 Å². The summed E-state index contributed by atoms with van der Waals surface area (Å²) in [5.41, 5.74) is 1.87. The zero-order valence-electron chi connectivity index (χ0n) is 15.4. The highest BCUT2D eigenvalue weighted by atomic mass is 32.1. The zero-order valence-corrected chi connectivity index (χ0v) is 16.2. The molecule has 1 saturated carbocycles. The Morgan fingerprint density at radius 2 is 1.89 bits per heavy atom. The molecule has 0 saturated heterocycles. The van der Waals surface area contributed by atoms with Gasteiger partial charge in [0.1, 0.15) is 0 Å². The molecule has 1 heterocycles. The summed E-state index contributed by atoms with van der Waals surface area (Å²) in [6.07, 6.45) is 6.70. The van der Waals surface area contributed by atoms with Crippen LogP contribution in [-0.2, 0) is 17.6 Å². The molecule has 0 aliphatic heterocycles. The molecule has 1 aliphatic rings. The molecule has 1 fully saturated rings. The fourth-order valence-electron chi connectivity index (χ4n) is 3.23. The highest BCUT2D eigenvalue weighted by molar-refractivity contribution is 7.13. The third-order valence-electron chi connectivity index (χ3n) is 4.63. The molecular weight excluding hydrogens is 360 g/mol. The Labute approximate surface area is 163 Å². The molecule has 3 N–H and O–H groups in total. The molecule has 0 radical (unpaired) electrons. The van der Waals surface area contributed by atoms with Crippen LogP contribution in [0.2, 0.25) is 0 Å². The van der Waals surface area contributed by atoms with Gasteiger partial charge in [-0.15, -0.1) is 11.3 Å². The van der Waals surface area contributed by atoms with Crippen LogP contribution in [0, 0.1) is 0 Å². The van der Waals surface area contributed by atoms with Crippen molar-refractivity contribution in [1.29, 1.82) is 0 Å². The van der Waals surface area contributed by atoms with Crippen LogP contribution in [0.15, 0.2) is 35.7 Å². The van der Waals surface area contributed by atoms with Crippen molar-refractivity contribution in [3.8, 4) is 0 Å². The van der Waals surface area contributed by atoms with E-state index < -0.39 is 0 Å². The van der Waals surface area contributed by atoms with Crippen molar-refractivity contribution < 1.29 is 9.59 Å². The normalized spacial score (nSPS) is 14.5.